The van der Waals surface area contributed by atoms with Gasteiger partial charge in [0.25, 0.3) is 0 Å². The van der Waals surface area contributed by atoms with Crippen LogP contribution in [0.4, 0.5) is 0 Å². The van der Waals surface area contributed by atoms with E-state index in [0.717, 1.165) is 5.57 Å². The highest BCUT2D eigenvalue weighted by molar-refractivity contribution is 9.09. The van der Waals surface area contributed by atoms with Crippen molar-refractivity contribution < 1.29 is 0 Å². The average molecular weight is 491 g/mol. The van der Waals surface area contributed by atoms with Gasteiger partial charge in [0, 0.05) is 10.7 Å². The number of rotatable bonds is 3. The van der Waals surface area contributed by atoms with Crippen molar-refractivity contribution in [3.63, 3.8) is 0 Å². The summed E-state index contributed by atoms with van der Waals surface area (Å²) in [6.07, 6.45) is 6.54. The molecule has 0 spiro atoms. The summed E-state index contributed by atoms with van der Waals surface area (Å²) in [5, 5.41) is 5.15. The minimum absolute atomic E-state index is 0.451. The fraction of sp³-hybridized carbons (Fsp3) is 0.188. The van der Waals surface area contributed by atoms with Gasteiger partial charge >= 0.3 is 0 Å². The lowest BCUT2D eigenvalue weighted by Gasteiger charge is -2.26. The number of benzene rings is 4. The van der Waals surface area contributed by atoms with Crippen LogP contribution in [0.3, 0.4) is 0 Å². The molecule has 0 heterocycles. The third kappa shape index (κ3) is 2.82. The van der Waals surface area contributed by atoms with Crippen molar-refractivity contribution in [1.29, 1.82) is 0 Å². The highest BCUT2D eigenvalue weighted by Crippen LogP contribution is 2.56. The van der Waals surface area contributed by atoms with E-state index < -0.39 is 0 Å². The van der Waals surface area contributed by atoms with Crippen molar-refractivity contribution in [3.8, 4) is 11.1 Å². The third-order valence-electron chi connectivity index (χ3n) is 7.64. The zero-order chi connectivity index (χ0) is 22.9. The van der Waals surface area contributed by atoms with Crippen LogP contribution in [0.5, 0.6) is 0 Å². The van der Waals surface area contributed by atoms with Gasteiger partial charge in [-0.25, -0.2) is 0 Å². The molecule has 0 amide bonds. The first kappa shape index (κ1) is 20.7. The first-order valence-electron chi connectivity index (χ1n) is 11.8. The van der Waals surface area contributed by atoms with E-state index in [0.29, 0.717) is 10.7 Å². The van der Waals surface area contributed by atoms with Crippen molar-refractivity contribution in [2.24, 2.45) is 0 Å². The zero-order valence-electron chi connectivity index (χ0n) is 19.2. The first-order chi connectivity index (χ1) is 16.0. The molecule has 0 N–H and O–H groups in total. The Balaban J connectivity index is 1.81. The van der Waals surface area contributed by atoms with Gasteiger partial charge in [0.05, 0.1) is 0 Å². The van der Waals surface area contributed by atoms with Gasteiger partial charge in [-0.3, -0.25) is 0 Å². The zero-order valence-corrected chi connectivity index (χ0v) is 20.8. The standard InChI is InChI=1S/C32H27Br/c1-5-19(6-2)31-21-11-8-7-10-20(21)30(18(3)4)27-16-25-22-12-9-13-24-29(33)15-14-23(32(22)24)26(25)17-28(27)31/h5-13,16-17,23,29H,1,3,14-15H2,2,4H3/b19-6+. The Hall–Kier alpha value is -2.90. The second kappa shape index (κ2) is 7.57. The van der Waals surface area contributed by atoms with E-state index in [1.54, 1.807) is 0 Å². The molecule has 0 saturated carbocycles. The Morgan fingerprint density at radius 1 is 0.879 bits per heavy atom. The van der Waals surface area contributed by atoms with E-state index in [2.05, 4.69) is 104 Å². The molecule has 2 aliphatic carbocycles. The van der Waals surface area contributed by atoms with Crippen LogP contribution in [0.1, 0.15) is 65.3 Å². The smallest absolute Gasteiger partial charge is 0.0398 e. The lowest BCUT2D eigenvalue weighted by molar-refractivity contribution is 0.624. The number of halogens is 1. The number of fused-ring (bicyclic) bond motifs is 5. The van der Waals surface area contributed by atoms with Crippen LogP contribution in [0, 0.1) is 0 Å². The molecule has 0 aromatic heterocycles. The lowest BCUT2D eigenvalue weighted by Crippen LogP contribution is -2.09. The summed E-state index contributed by atoms with van der Waals surface area (Å²) in [6, 6.07) is 20.6. The molecule has 0 fully saturated rings. The summed E-state index contributed by atoms with van der Waals surface area (Å²) in [5.74, 6) is 0.481. The number of hydrogen-bond acceptors (Lipinski definition) is 0. The van der Waals surface area contributed by atoms with Gasteiger partial charge in [0.2, 0.25) is 0 Å². The van der Waals surface area contributed by atoms with E-state index in [1.165, 1.54) is 78.9 Å². The fourth-order valence-corrected chi connectivity index (χ4v) is 6.96. The molecule has 2 unspecified atom stereocenters. The number of hydrogen-bond donors (Lipinski definition) is 0. The van der Waals surface area contributed by atoms with Crippen LogP contribution in [-0.4, -0.2) is 0 Å². The highest BCUT2D eigenvalue weighted by atomic mass is 79.9. The Kier molecular flexibility index (Phi) is 4.74. The van der Waals surface area contributed by atoms with Crippen molar-refractivity contribution in [3.05, 3.63) is 108 Å². The molecule has 2 atom stereocenters. The van der Waals surface area contributed by atoms with Crippen LogP contribution in [0.2, 0.25) is 0 Å². The van der Waals surface area contributed by atoms with E-state index in [4.69, 9.17) is 0 Å². The molecule has 162 valence electrons. The quantitative estimate of drug-likeness (QED) is 0.152. The van der Waals surface area contributed by atoms with Crippen molar-refractivity contribution in [1.82, 2.24) is 0 Å². The maximum absolute atomic E-state index is 4.40. The molecule has 0 nitrogen and oxygen atoms in total. The first-order valence-corrected chi connectivity index (χ1v) is 12.7. The second-order valence-corrected chi connectivity index (χ2v) is 10.5. The predicted octanol–water partition coefficient (Wildman–Crippen LogP) is 9.96. The maximum atomic E-state index is 4.40. The molecule has 4 aromatic carbocycles. The third-order valence-corrected chi connectivity index (χ3v) is 8.59. The Morgan fingerprint density at radius 2 is 1.61 bits per heavy atom. The van der Waals surface area contributed by atoms with Gasteiger partial charge in [-0.05, 0) is 110 Å². The molecule has 0 bridgehead atoms. The largest absolute Gasteiger partial charge is 0.0985 e. The monoisotopic (exact) mass is 490 g/mol. The average Bonchev–Trinajstić information content (AvgIpc) is 3.14. The van der Waals surface area contributed by atoms with Crippen molar-refractivity contribution in [2.45, 2.75) is 37.4 Å². The van der Waals surface area contributed by atoms with Gasteiger partial charge < -0.3 is 0 Å². The molecule has 4 aromatic rings. The molecule has 0 aliphatic heterocycles. The molecule has 0 radical (unpaired) electrons. The molecule has 2 aliphatic rings. The summed E-state index contributed by atoms with van der Waals surface area (Å²) >= 11 is 3.94. The van der Waals surface area contributed by atoms with Gasteiger partial charge in [-0.2, -0.15) is 0 Å². The Labute approximate surface area is 204 Å². The maximum Gasteiger partial charge on any atom is 0.0398 e. The normalized spacial score (nSPS) is 18.9. The van der Waals surface area contributed by atoms with Crippen LogP contribution < -0.4 is 0 Å². The number of allylic oxidation sites excluding steroid dienone is 4. The van der Waals surface area contributed by atoms with Gasteiger partial charge in [0.15, 0.2) is 0 Å². The summed E-state index contributed by atoms with van der Waals surface area (Å²) in [4.78, 5) is 0.451. The summed E-state index contributed by atoms with van der Waals surface area (Å²) in [7, 11) is 0. The molecule has 0 saturated heterocycles. The van der Waals surface area contributed by atoms with E-state index >= 15 is 0 Å². The number of alkyl halides is 1. The molecular weight excluding hydrogens is 464 g/mol. The second-order valence-electron chi connectivity index (χ2n) is 9.42. The molecule has 6 rings (SSSR count). The van der Waals surface area contributed by atoms with Crippen LogP contribution in [0.25, 0.3) is 43.8 Å². The van der Waals surface area contributed by atoms with E-state index in [-0.39, 0.29) is 0 Å². The van der Waals surface area contributed by atoms with Crippen LogP contribution in [0.15, 0.2) is 79.9 Å². The van der Waals surface area contributed by atoms with E-state index in [1.807, 2.05) is 6.08 Å². The summed E-state index contributed by atoms with van der Waals surface area (Å²) in [6.45, 7) is 12.8. The summed E-state index contributed by atoms with van der Waals surface area (Å²) < 4.78 is 0. The topological polar surface area (TPSA) is 0 Å². The Bertz CT molecular complexity index is 1530. The fourth-order valence-electron chi connectivity index (χ4n) is 6.30. The minimum atomic E-state index is 0.451. The van der Waals surface area contributed by atoms with Crippen LogP contribution in [-0.2, 0) is 0 Å². The Morgan fingerprint density at radius 3 is 2.30 bits per heavy atom. The summed E-state index contributed by atoms with van der Waals surface area (Å²) in [5.41, 5.74) is 12.1. The minimum Gasteiger partial charge on any atom is -0.0985 e. The highest BCUT2D eigenvalue weighted by Gasteiger charge is 2.36. The molecule has 33 heavy (non-hydrogen) atoms. The molecule has 1 heteroatoms. The lowest BCUT2D eigenvalue weighted by atomic mass is 9.80. The van der Waals surface area contributed by atoms with E-state index in [9.17, 15) is 0 Å². The van der Waals surface area contributed by atoms with Gasteiger partial charge in [0.1, 0.15) is 0 Å². The van der Waals surface area contributed by atoms with Crippen LogP contribution >= 0.6 is 15.9 Å². The predicted molar refractivity (Wildman–Crippen MR) is 148 cm³/mol. The SMILES string of the molecule is C=C/C(=C\C)c1c2ccccc2c(C(=C)C)c2cc3c(cc12)C1CCC(Br)c2cccc-3c21. The molecular formula is C32H27Br. The van der Waals surface area contributed by atoms with Gasteiger partial charge in [-0.15, -0.1) is 0 Å². The van der Waals surface area contributed by atoms with Crippen molar-refractivity contribution in [2.75, 3.05) is 0 Å². The van der Waals surface area contributed by atoms with Crippen molar-refractivity contribution >= 4 is 48.6 Å². The van der Waals surface area contributed by atoms with Gasteiger partial charge in [-0.1, -0.05) is 83.7 Å².